The van der Waals surface area contributed by atoms with Crippen molar-refractivity contribution in [1.82, 2.24) is 0 Å². The van der Waals surface area contributed by atoms with Crippen LogP contribution in [0.5, 0.6) is 0 Å². The van der Waals surface area contributed by atoms with Gasteiger partial charge in [-0.3, -0.25) is 9.05 Å². The van der Waals surface area contributed by atoms with Crippen molar-refractivity contribution < 1.29 is 18.5 Å². The third kappa shape index (κ3) is 7.27. The standard InChI is InChI=1S/C16H31O4P/c17-21(18,19-13-11-15-7-3-1-4-8-15)20-14-12-16-9-5-2-6-10-16/h15-16H,1-14H2,(H,17,18). The van der Waals surface area contributed by atoms with Crippen molar-refractivity contribution in [3.63, 3.8) is 0 Å². The van der Waals surface area contributed by atoms with E-state index >= 15 is 0 Å². The monoisotopic (exact) mass is 318 g/mol. The molecular formula is C16H31O4P. The molecule has 1 N–H and O–H groups in total. The zero-order valence-corrected chi connectivity index (χ0v) is 14.1. The second kappa shape index (κ2) is 9.29. The van der Waals surface area contributed by atoms with E-state index in [1.807, 2.05) is 0 Å². The van der Waals surface area contributed by atoms with Gasteiger partial charge in [-0.1, -0.05) is 64.2 Å². The quantitative estimate of drug-likeness (QED) is 0.635. The van der Waals surface area contributed by atoms with E-state index in [-0.39, 0.29) is 0 Å². The van der Waals surface area contributed by atoms with Gasteiger partial charge in [-0.15, -0.1) is 0 Å². The molecule has 2 aliphatic rings. The Morgan fingerprint density at radius 2 is 1.14 bits per heavy atom. The second-order valence-electron chi connectivity index (χ2n) is 6.72. The Morgan fingerprint density at radius 3 is 1.52 bits per heavy atom. The third-order valence-corrected chi connectivity index (χ3v) is 6.03. The van der Waals surface area contributed by atoms with E-state index in [0.29, 0.717) is 25.0 Å². The predicted molar refractivity (Wildman–Crippen MR) is 84.1 cm³/mol. The maximum atomic E-state index is 11.8. The summed E-state index contributed by atoms with van der Waals surface area (Å²) in [6.07, 6.45) is 14.6. The molecule has 0 amide bonds. The molecule has 0 atom stereocenters. The van der Waals surface area contributed by atoms with Crippen LogP contribution < -0.4 is 0 Å². The van der Waals surface area contributed by atoms with Crippen molar-refractivity contribution in [2.45, 2.75) is 77.0 Å². The molecular weight excluding hydrogens is 287 g/mol. The lowest BCUT2D eigenvalue weighted by Crippen LogP contribution is -2.11. The van der Waals surface area contributed by atoms with Crippen molar-refractivity contribution in [3.05, 3.63) is 0 Å². The second-order valence-corrected chi connectivity index (χ2v) is 8.17. The van der Waals surface area contributed by atoms with Crippen LogP contribution in [0.3, 0.4) is 0 Å². The molecule has 0 saturated heterocycles. The van der Waals surface area contributed by atoms with Gasteiger partial charge in [0, 0.05) is 0 Å². The molecule has 0 aliphatic heterocycles. The normalized spacial score (nSPS) is 22.5. The lowest BCUT2D eigenvalue weighted by molar-refractivity contribution is 0.129. The average Bonchev–Trinajstić information content (AvgIpc) is 2.49. The molecule has 124 valence electrons. The van der Waals surface area contributed by atoms with Gasteiger partial charge in [-0.2, -0.15) is 0 Å². The first kappa shape index (κ1) is 17.5. The van der Waals surface area contributed by atoms with Crippen molar-refractivity contribution in [1.29, 1.82) is 0 Å². The Kier molecular flexibility index (Phi) is 7.73. The van der Waals surface area contributed by atoms with Crippen molar-refractivity contribution in [2.75, 3.05) is 13.2 Å². The molecule has 0 unspecified atom stereocenters. The topological polar surface area (TPSA) is 55.8 Å². The number of hydrogen-bond acceptors (Lipinski definition) is 3. The fourth-order valence-electron chi connectivity index (χ4n) is 3.66. The first-order chi connectivity index (χ1) is 10.2. The van der Waals surface area contributed by atoms with E-state index in [4.69, 9.17) is 9.05 Å². The van der Waals surface area contributed by atoms with Crippen molar-refractivity contribution >= 4 is 7.82 Å². The molecule has 2 aliphatic carbocycles. The molecule has 0 bridgehead atoms. The average molecular weight is 318 g/mol. The molecule has 2 fully saturated rings. The van der Waals surface area contributed by atoms with E-state index in [2.05, 4.69) is 0 Å². The van der Waals surface area contributed by atoms with Gasteiger partial charge in [0.25, 0.3) is 0 Å². The van der Waals surface area contributed by atoms with Gasteiger partial charge < -0.3 is 4.89 Å². The first-order valence-corrected chi connectivity index (χ1v) is 10.3. The minimum absolute atomic E-state index is 0.349. The van der Waals surface area contributed by atoms with Gasteiger partial charge in [0.05, 0.1) is 13.2 Å². The summed E-state index contributed by atoms with van der Waals surface area (Å²) in [6, 6.07) is 0. The van der Waals surface area contributed by atoms with E-state index in [1.165, 1.54) is 64.2 Å². The Balaban J connectivity index is 1.54. The molecule has 5 heteroatoms. The highest BCUT2D eigenvalue weighted by Gasteiger charge is 2.23. The van der Waals surface area contributed by atoms with Crippen LogP contribution >= 0.6 is 7.82 Å². The summed E-state index contributed by atoms with van der Waals surface area (Å²) >= 11 is 0. The smallest absolute Gasteiger partial charge is 0.302 e. The zero-order chi connectivity index (χ0) is 15.0. The fourth-order valence-corrected chi connectivity index (χ4v) is 4.41. The molecule has 4 nitrogen and oxygen atoms in total. The van der Waals surface area contributed by atoms with Crippen LogP contribution in [0.4, 0.5) is 0 Å². The Bertz CT molecular complexity index is 294. The fraction of sp³-hybridized carbons (Fsp3) is 1.00. The molecule has 0 aromatic heterocycles. The predicted octanol–water partition coefficient (Wildman–Crippen LogP) is 5.06. The van der Waals surface area contributed by atoms with E-state index in [9.17, 15) is 9.46 Å². The van der Waals surface area contributed by atoms with E-state index in [0.717, 1.165) is 12.8 Å². The molecule has 0 radical (unpaired) electrons. The van der Waals surface area contributed by atoms with Crippen LogP contribution in [0, 0.1) is 11.8 Å². The highest BCUT2D eigenvalue weighted by atomic mass is 31.2. The first-order valence-electron chi connectivity index (χ1n) is 8.77. The lowest BCUT2D eigenvalue weighted by atomic mass is 9.87. The summed E-state index contributed by atoms with van der Waals surface area (Å²) < 4.78 is 22.0. The van der Waals surface area contributed by atoms with Crippen LogP contribution in [0.2, 0.25) is 0 Å². The van der Waals surface area contributed by atoms with Crippen molar-refractivity contribution in [2.24, 2.45) is 11.8 Å². The summed E-state index contributed by atoms with van der Waals surface area (Å²) in [7, 11) is -3.83. The molecule has 0 spiro atoms. The SMILES string of the molecule is O=P(O)(OCCC1CCCCC1)OCCC1CCCCC1. The van der Waals surface area contributed by atoms with Crippen LogP contribution in [0.1, 0.15) is 77.0 Å². The van der Waals surface area contributed by atoms with E-state index < -0.39 is 7.82 Å². The van der Waals surface area contributed by atoms with Gasteiger partial charge in [-0.25, -0.2) is 4.57 Å². The number of hydrogen-bond donors (Lipinski definition) is 1. The summed E-state index contributed by atoms with van der Waals surface area (Å²) in [5, 5.41) is 0. The Labute approximate surface area is 129 Å². The van der Waals surface area contributed by atoms with Gasteiger partial charge in [-0.05, 0) is 24.7 Å². The molecule has 2 rings (SSSR count). The van der Waals surface area contributed by atoms with E-state index in [1.54, 1.807) is 0 Å². The maximum Gasteiger partial charge on any atom is 0.472 e. The third-order valence-electron chi connectivity index (χ3n) is 5.01. The number of rotatable bonds is 8. The van der Waals surface area contributed by atoms with Crippen LogP contribution in [0.15, 0.2) is 0 Å². The summed E-state index contributed by atoms with van der Waals surface area (Å²) in [5.41, 5.74) is 0. The molecule has 0 aromatic rings. The molecule has 2 saturated carbocycles. The lowest BCUT2D eigenvalue weighted by Gasteiger charge is -2.23. The van der Waals surface area contributed by atoms with Crippen molar-refractivity contribution in [3.8, 4) is 0 Å². The van der Waals surface area contributed by atoms with Gasteiger partial charge >= 0.3 is 7.82 Å². The Hall–Kier alpha value is 0.110. The van der Waals surface area contributed by atoms with Crippen LogP contribution in [0.25, 0.3) is 0 Å². The molecule has 21 heavy (non-hydrogen) atoms. The summed E-state index contributed by atoms with van der Waals surface area (Å²) in [4.78, 5) is 9.68. The van der Waals surface area contributed by atoms with Crippen LogP contribution in [-0.2, 0) is 13.6 Å². The molecule has 0 heterocycles. The largest absolute Gasteiger partial charge is 0.472 e. The highest BCUT2D eigenvalue weighted by molar-refractivity contribution is 7.47. The maximum absolute atomic E-state index is 11.8. The summed E-state index contributed by atoms with van der Waals surface area (Å²) in [6.45, 7) is 0.698. The minimum Gasteiger partial charge on any atom is -0.302 e. The summed E-state index contributed by atoms with van der Waals surface area (Å²) in [5.74, 6) is 1.34. The van der Waals surface area contributed by atoms with Gasteiger partial charge in [0.15, 0.2) is 0 Å². The Morgan fingerprint density at radius 1 is 0.762 bits per heavy atom. The molecule has 0 aromatic carbocycles. The van der Waals surface area contributed by atoms with Gasteiger partial charge in [0.1, 0.15) is 0 Å². The highest BCUT2D eigenvalue weighted by Crippen LogP contribution is 2.44. The van der Waals surface area contributed by atoms with Crippen LogP contribution in [-0.4, -0.2) is 18.1 Å². The minimum atomic E-state index is -3.83. The van der Waals surface area contributed by atoms with Gasteiger partial charge in [0.2, 0.25) is 0 Å². The number of phosphoric acid groups is 1. The zero-order valence-electron chi connectivity index (χ0n) is 13.2. The number of phosphoric ester groups is 1.